The molecule has 0 aromatic carbocycles. The summed E-state index contributed by atoms with van der Waals surface area (Å²) in [7, 11) is 0. The van der Waals surface area contributed by atoms with E-state index in [-0.39, 0.29) is 0 Å². The van der Waals surface area contributed by atoms with E-state index >= 15 is 0 Å². The molecule has 0 aliphatic carbocycles. The summed E-state index contributed by atoms with van der Waals surface area (Å²) in [4.78, 5) is 12.2. The maximum atomic E-state index is 11.6. The largest absolute Gasteiger partial charge is 0.574 e. The van der Waals surface area contributed by atoms with Crippen LogP contribution in [0.3, 0.4) is 0 Å². The quantitative estimate of drug-likeness (QED) is 0.702. The molecular weight excluding hydrogens is 191 g/mol. The molecule has 72 valence electrons. The summed E-state index contributed by atoms with van der Waals surface area (Å²) in [5.74, 6) is -1.79. The number of halogens is 3. The van der Waals surface area contributed by atoms with Crippen LogP contribution in [0.2, 0.25) is 0 Å². The minimum atomic E-state index is -4.94. The fraction of sp³-hybridized carbons (Fsp3) is 0.167. The van der Waals surface area contributed by atoms with Gasteiger partial charge in [0.1, 0.15) is 0 Å². The molecule has 2 N–H and O–H groups in total. The van der Waals surface area contributed by atoms with Crippen molar-refractivity contribution in [3.8, 4) is 11.6 Å². The van der Waals surface area contributed by atoms with Crippen LogP contribution in [0.5, 0.6) is 11.6 Å². The van der Waals surface area contributed by atoms with Crippen molar-refractivity contribution in [3.05, 3.63) is 22.5 Å². The van der Waals surface area contributed by atoms with Gasteiger partial charge >= 0.3 is 6.36 Å². The molecule has 1 heterocycles. The van der Waals surface area contributed by atoms with Crippen LogP contribution >= 0.6 is 0 Å². The summed E-state index contributed by atoms with van der Waals surface area (Å²) in [6.07, 6.45) is -4.94. The van der Waals surface area contributed by atoms with Gasteiger partial charge in [-0.1, -0.05) is 0 Å². The molecule has 0 fully saturated rings. The smallest absolute Gasteiger partial charge is 0.503 e. The number of alkyl halides is 3. The minimum Gasteiger partial charge on any atom is -0.503 e. The average molecular weight is 195 g/mol. The van der Waals surface area contributed by atoms with Crippen LogP contribution in [0, 0.1) is 0 Å². The van der Waals surface area contributed by atoms with Gasteiger partial charge in [-0.05, 0) is 6.07 Å². The lowest BCUT2D eigenvalue weighted by Gasteiger charge is -2.08. The molecule has 7 heteroatoms. The second kappa shape index (κ2) is 3.00. The van der Waals surface area contributed by atoms with E-state index in [9.17, 15) is 18.0 Å². The lowest BCUT2D eigenvalue weighted by atomic mass is 10.4. The Bertz CT molecular complexity index is 357. The number of pyridine rings is 1. The molecule has 0 amide bonds. The molecule has 0 spiro atoms. The molecule has 13 heavy (non-hydrogen) atoms. The maximum Gasteiger partial charge on any atom is 0.574 e. The fourth-order valence-corrected chi connectivity index (χ4v) is 0.641. The van der Waals surface area contributed by atoms with Crippen LogP contribution in [0.15, 0.2) is 16.9 Å². The van der Waals surface area contributed by atoms with Gasteiger partial charge in [-0.25, -0.2) is 0 Å². The number of aromatic amines is 1. The first-order valence-corrected chi connectivity index (χ1v) is 3.06. The van der Waals surface area contributed by atoms with Gasteiger partial charge in [0.05, 0.1) is 0 Å². The number of H-pyrrole nitrogens is 1. The molecule has 0 radical (unpaired) electrons. The van der Waals surface area contributed by atoms with Gasteiger partial charge in [-0.2, -0.15) is 0 Å². The molecule has 0 aliphatic rings. The van der Waals surface area contributed by atoms with Crippen LogP contribution in [0.25, 0.3) is 0 Å². The highest BCUT2D eigenvalue weighted by atomic mass is 19.4. The lowest BCUT2D eigenvalue weighted by Crippen LogP contribution is -2.19. The lowest BCUT2D eigenvalue weighted by molar-refractivity contribution is -0.276. The van der Waals surface area contributed by atoms with E-state index in [2.05, 4.69) is 4.74 Å². The van der Waals surface area contributed by atoms with Crippen molar-refractivity contribution in [2.24, 2.45) is 0 Å². The van der Waals surface area contributed by atoms with Crippen molar-refractivity contribution >= 4 is 0 Å². The zero-order valence-electron chi connectivity index (χ0n) is 6.05. The zero-order chi connectivity index (χ0) is 10.1. The van der Waals surface area contributed by atoms with Gasteiger partial charge in [0.2, 0.25) is 5.88 Å². The Morgan fingerprint density at radius 3 is 2.54 bits per heavy atom. The van der Waals surface area contributed by atoms with Gasteiger partial charge in [0.15, 0.2) is 5.75 Å². The highest BCUT2D eigenvalue weighted by molar-refractivity contribution is 5.30. The van der Waals surface area contributed by atoms with E-state index in [1.807, 2.05) is 0 Å². The number of hydrogen-bond donors (Lipinski definition) is 2. The van der Waals surface area contributed by atoms with E-state index in [1.54, 1.807) is 4.98 Å². The molecule has 0 bridgehead atoms. The first-order chi connectivity index (χ1) is 5.88. The van der Waals surface area contributed by atoms with E-state index < -0.39 is 23.6 Å². The van der Waals surface area contributed by atoms with Crippen LogP contribution in [0.1, 0.15) is 0 Å². The van der Waals surface area contributed by atoms with Crippen molar-refractivity contribution in [1.29, 1.82) is 0 Å². The average Bonchev–Trinajstić information content (AvgIpc) is 1.94. The summed E-state index contributed by atoms with van der Waals surface area (Å²) in [6, 6.07) is 1.68. The Kier molecular flexibility index (Phi) is 2.18. The topological polar surface area (TPSA) is 62.3 Å². The molecule has 1 aromatic heterocycles. The Morgan fingerprint density at radius 2 is 2.00 bits per heavy atom. The van der Waals surface area contributed by atoms with Crippen LogP contribution < -0.4 is 10.3 Å². The molecule has 4 nitrogen and oxygen atoms in total. The number of aromatic hydroxyl groups is 1. The first kappa shape index (κ1) is 9.43. The Morgan fingerprint density at radius 1 is 1.38 bits per heavy atom. The predicted molar refractivity (Wildman–Crippen MR) is 35.4 cm³/mol. The van der Waals surface area contributed by atoms with Crippen LogP contribution in [-0.4, -0.2) is 16.5 Å². The first-order valence-electron chi connectivity index (χ1n) is 3.06. The number of nitrogens with one attached hydrogen (secondary N) is 1. The summed E-state index contributed by atoms with van der Waals surface area (Å²) in [5, 5.41) is 8.80. The van der Waals surface area contributed by atoms with E-state index in [0.29, 0.717) is 0 Å². The molecule has 0 atom stereocenters. The standard InChI is InChI=1S/C6H4F3NO3/c7-6(8,9)13-5-3(11)1-2-4(12)10-5/h1-2,11H,(H,10,12). The van der Waals surface area contributed by atoms with Crippen LogP contribution in [-0.2, 0) is 0 Å². The SMILES string of the molecule is O=c1ccc(O)c(OC(F)(F)F)[nH]1. The van der Waals surface area contributed by atoms with Gasteiger partial charge in [0, 0.05) is 6.07 Å². The van der Waals surface area contributed by atoms with Gasteiger partial charge in [0.25, 0.3) is 5.56 Å². The molecule has 1 aromatic rings. The van der Waals surface area contributed by atoms with Gasteiger partial charge in [-0.15, -0.1) is 13.2 Å². The van der Waals surface area contributed by atoms with E-state index in [0.717, 1.165) is 12.1 Å². The summed E-state index contributed by atoms with van der Waals surface area (Å²) < 4.78 is 38.1. The second-order valence-electron chi connectivity index (χ2n) is 2.08. The van der Waals surface area contributed by atoms with Crippen LogP contribution in [0.4, 0.5) is 13.2 Å². The molecule has 1 rings (SSSR count). The third-order valence-electron chi connectivity index (χ3n) is 1.08. The van der Waals surface area contributed by atoms with Gasteiger partial charge < -0.3 is 9.84 Å². The third kappa shape index (κ3) is 2.69. The number of ether oxygens (including phenoxy) is 1. The Balaban J connectivity index is 3.01. The highest BCUT2D eigenvalue weighted by Gasteiger charge is 2.32. The summed E-state index contributed by atoms with van der Waals surface area (Å²) in [5.41, 5.74) is -0.794. The van der Waals surface area contributed by atoms with E-state index in [4.69, 9.17) is 5.11 Å². The Labute approximate surface area is 69.6 Å². The molecule has 0 unspecified atom stereocenters. The van der Waals surface area contributed by atoms with Crippen molar-refractivity contribution in [2.45, 2.75) is 6.36 Å². The highest BCUT2D eigenvalue weighted by Crippen LogP contribution is 2.26. The third-order valence-corrected chi connectivity index (χ3v) is 1.08. The Hall–Kier alpha value is -1.66. The minimum absolute atomic E-state index is 0.781. The predicted octanol–water partition coefficient (Wildman–Crippen LogP) is 0.979. The molecule has 0 saturated carbocycles. The maximum absolute atomic E-state index is 11.6. The van der Waals surface area contributed by atoms with Crippen molar-refractivity contribution < 1.29 is 23.0 Å². The summed E-state index contributed by atoms with van der Waals surface area (Å²) >= 11 is 0. The number of aromatic nitrogens is 1. The molecule has 0 aliphatic heterocycles. The number of hydrogen-bond acceptors (Lipinski definition) is 3. The van der Waals surface area contributed by atoms with Gasteiger partial charge in [-0.3, -0.25) is 9.78 Å². The van der Waals surface area contributed by atoms with Crippen molar-refractivity contribution in [1.82, 2.24) is 4.98 Å². The zero-order valence-corrected chi connectivity index (χ0v) is 6.05. The monoisotopic (exact) mass is 195 g/mol. The van der Waals surface area contributed by atoms with Crippen molar-refractivity contribution in [3.63, 3.8) is 0 Å². The summed E-state index contributed by atoms with van der Waals surface area (Å²) in [6.45, 7) is 0. The number of rotatable bonds is 1. The second-order valence-corrected chi connectivity index (χ2v) is 2.08. The van der Waals surface area contributed by atoms with Crippen molar-refractivity contribution in [2.75, 3.05) is 0 Å². The fourth-order valence-electron chi connectivity index (χ4n) is 0.641. The molecular formula is C6H4F3NO3. The normalized spacial score (nSPS) is 11.3. The van der Waals surface area contributed by atoms with E-state index in [1.165, 1.54) is 0 Å². The molecule has 0 saturated heterocycles.